The minimum absolute atomic E-state index is 0.0602. The van der Waals surface area contributed by atoms with E-state index in [0.717, 1.165) is 36.2 Å². The van der Waals surface area contributed by atoms with E-state index >= 15 is 0 Å². The number of hydrogen-bond acceptors (Lipinski definition) is 4. The molecule has 0 saturated carbocycles. The van der Waals surface area contributed by atoms with Gasteiger partial charge in [0.1, 0.15) is 18.5 Å². The molecule has 3 heterocycles. The second-order valence-corrected chi connectivity index (χ2v) is 6.34. The summed E-state index contributed by atoms with van der Waals surface area (Å²) in [7, 11) is 1.99. The molecule has 1 fully saturated rings. The third-order valence-corrected chi connectivity index (χ3v) is 4.85. The van der Waals surface area contributed by atoms with Crippen LogP contribution < -0.4 is 0 Å². The fraction of sp³-hybridized carbons (Fsp3) is 0.412. The molecule has 1 amide bonds. The van der Waals surface area contributed by atoms with Crippen LogP contribution in [0.5, 0.6) is 0 Å². The van der Waals surface area contributed by atoms with Crippen LogP contribution in [0.3, 0.4) is 0 Å². The molecule has 2 aromatic heterocycles. The maximum absolute atomic E-state index is 12.9. The van der Waals surface area contributed by atoms with E-state index in [1.165, 1.54) is 6.33 Å². The van der Waals surface area contributed by atoms with Crippen molar-refractivity contribution in [2.75, 3.05) is 13.1 Å². The Morgan fingerprint density at radius 1 is 1.33 bits per heavy atom. The van der Waals surface area contributed by atoms with Gasteiger partial charge in [-0.1, -0.05) is 0 Å². The lowest BCUT2D eigenvalue weighted by Gasteiger charge is -2.32. The number of hydrogen-bond donors (Lipinski definition) is 0. The smallest absolute Gasteiger partial charge is 0.254 e. The summed E-state index contributed by atoms with van der Waals surface area (Å²) in [5, 5.41) is 4.21. The highest BCUT2D eigenvalue weighted by Gasteiger charge is 2.26. The maximum Gasteiger partial charge on any atom is 0.254 e. The monoisotopic (exact) mass is 324 g/mol. The third-order valence-electron chi connectivity index (χ3n) is 4.85. The second kappa shape index (κ2) is 5.74. The number of aromatic nitrogens is 5. The van der Waals surface area contributed by atoms with E-state index in [4.69, 9.17) is 0 Å². The van der Waals surface area contributed by atoms with Crippen molar-refractivity contribution in [2.24, 2.45) is 7.05 Å². The van der Waals surface area contributed by atoms with Gasteiger partial charge in [-0.15, -0.1) is 0 Å². The largest absolute Gasteiger partial charge is 0.336 e. The van der Waals surface area contributed by atoms with Gasteiger partial charge in [-0.3, -0.25) is 4.79 Å². The fourth-order valence-electron chi connectivity index (χ4n) is 3.40. The molecule has 0 aliphatic carbocycles. The van der Waals surface area contributed by atoms with Crippen LogP contribution in [0, 0.1) is 6.92 Å². The lowest BCUT2D eigenvalue weighted by molar-refractivity contribution is 0.0673. The number of nitrogens with zero attached hydrogens (tertiary/aromatic N) is 6. The first-order valence-electron chi connectivity index (χ1n) is 8.20. The Kier molecular flexibility index (Phi) is 3.55. The Hall–Kier alpha value is -2.70. The topological polar surface area (TPSA) is 68.8 Å². The number of carbonyl (C=O) groups excluding carboxylic acids is 1. The number of fused-ring (bicyclic) bond motifs is 1. The minimum atomic E-state index is 0.0602. The number of imidazole rings is 1. The van der Waals surface area contributed by atoms with Gasteiger partial charge in [-0.25, -0.2) is 14.6 Å². The molecule has 3 aromatic rings. The molecule has 7 nitrogen and oxygen atoms in total. The number of likely N-dealkylation sites (tertiary alicyclic amines) is 1. The van der Waals surface area contributed by atoms with Crippen LogP contribution in [0.2, 0.25) is 0 Å². The first kappa shape index (κ1) is 14.9. The van der Waals surface area contributed by atoms with Crippen molar-refractivity contribution < 1.29 is 4.79 Å². The molecule has 1 atom stereocenters. The number of rotatable bonds is 2. The SMILES string of the molecule is Cc1nc2cc(C(=O)N3CCC[C@@H](n4cncn4)C3)ccc2n1C. The first-order chi connectivity index (χ1) is 11.6. The molecule has 0 unspecified atom stereocenters. The molecule has 1 aliphatic heterocycles. The molecule has 24 heavy (non-hydrogen) atoms. The van der Waals surface area contributed by atoms with E-state index in [1.807, 2.05) is 46.3 Å². The molecular formula is C17H20N6O. The molecule has 1 aliphatic rings. The number of aryl methyl sites for hydroxylation is 2. The summed E-state index contributed by atoms with van der Waals surface area (Å²) in [6.07, 6.45) is 5.26. The van der Waals surface area contributed by atoms with Crippen molar-refractivity contribution in [2.45, 2.75) is 25.8 Å². The van der Waals surface area contributed by atoms with Crippen LogP contribution in [0.15, 0.2) is 30.9 Å². The van der Waals surface area contributed by atoms with Gasteiger partial charge in [0, 0.05) is 25.7 Å². The number of piperidine rings is 1. The van der Waals surface area contributed by atoms with E-state index < -0.39 is 0 Å². The van der Waals surface area contributed by atoms with Gasteiger partial charge in [0.2, 0.25) is 0 Å². The summed E-state index contributed by atoms with van der Waals surface area (Å²) >= 11 is 0. The summed E-state index contributed by atoms with van der Waals surface area (Å²) in [5.41, 5.74) is 2.61. The second-order valence-electron chi connectivity index (χ2n) is 6.34. The number of benzene rings is 1. The van der Waals surface area contributed by atoms with Crippen molar-refractivity contribution in [3.05, 3.63) is 42.2 Å². The molecular weight excluding hydrogens is 304 g/mol. The molecule has 4 rings (SSSR count). The average Bonchev–Trinajstić information content (AvgIpc) is 3.23. The molecule has 7 heteroatoms. The highest BCUT2D eigenvalue weighted by Crippen LogP contribution is 2.23. The maximum atomic E-state index is 12.9. The van der Waals surface area contributed by atoms with E-state index in [2.05, 4.69) is 15.1 Å². The molecule has 0 N–H and O–H groups in total. The molecule has 0 spiro atoms. The fourth-order valence-corrected chi connectivity index (χ4v) is 3.40. The van der Waals surface area contributed by atoms with Crippen LogP contribution in [0.4, 0.5) is 0 Å². The van der Waals surface area contributed by atoms with Crippen LogP contribution in [0.25, 0.3) is 11.0 Å². The highest BCUT2D eigenvalue weighted by molar-refractivity contribution is 5.97. The van der Waals surface area contributed by atoms with Crippen LogP contribution in [-0.2, 0) is 7.05 Å². The van der Waals surface area contributed by atoms with E-state index in [9.17, 15) is 4.79 Å². The van der Waals surface area contributed by atoms with Crippen LogP contribution >= 0.6 is 0 Å². The van der Waals surface area contributed by atoms with Crippen molar-refractivity contribution in [1.82, 2.24) is 29.2 Å². The predicted molar refractivity (Wildman–Crippen MR) is 89.6 cm³/mol. The Labute approximate surface area is 139 Å². The summed E-state index contributed by atoms with van der Waals surface area (Å²) in [6.45, 7) is 3.42. The zero-order valence-corrected chi connectivity index (χ0v) is 13.9. The van der Waals surface area contributed by atoms with Gasteiger partial charge in [-0.2, -0.15) is 5.10 Å². The van der Waals surface area contributed by atoms with E-state index in [0.29, 0.717) is 12.1 Å². The van der Waals surface area contributed by atoms with Crippen molar-refractivity contribution in [3.8, 4) is 0 Å². The van der Waals surface area contributed by atoms with E-state index in [1.54, 1.807) is 6.33 Å². The zero-order chi connectivity index (χ0) is 16.7. The van der Waals surface area contributed by atoms with Crippen molar-refractivity contribution in [1.29, 1.82) is 0 Å². The van der Waals surface area contributed by atoms with E-state index in [-0.39, 0.29) is 11.9 Å². The van der Waals surface area contributed by atoms with Crippen LogP contribution in [-0.4, -0.2) is 48.2 Å². The summed E-state index contributed by atoms with van der Waals surface area (Å²) in [5.74, 6) is 1.00. The first-order valence-corrected chi connectivity index (χ1v) is 8.20. The third kappa shape index (κ3) is 2.46. The molecule has 0 radical (unpaired) electrons. The van der Waals surface area contributed by atoms with Gasteiger partial charge in [0.05, 0.1) is 17.1 Å². The lowest BCUT2D eigenvalue weighted by atomic mass is 10.0. The summed E-state index contributed by atoms with van der Waals surface area (Å²) in [6, 6.07) is 5.96. The lowest BCUT2D eigenvalue weighted by Crippen LogP contribution is -2.40. The normalized spacial score (nSPS) is 18.2. The molecule has 1 saturated heterocycles. The zero-order valence-electron chi connectivity index (χ0n) is 13.9. The molecule has 124 valence electrons. The van der Waals surface area contributed by atoms with Gasteiger partial charge >= 0.3 is 0 Å². The highest BCUT2D eigenvalue weighted by atomic mass is 16.2. The Bertz CT molecular complexity index is 882. The van der Waals surface area contributed by atoms with Gasteiger partial charge in [0.25, 0.3) is 5.91 Å². The van der Waals surface area contributed by atoms with Crippen LogP contribution in [0.1, 0.15) is 35.1 Å². The Morgan fingerprint density at radius 3 is 3.00 bits per heavy atom. The minimum Gasteiger partial charge on any atom is -0.336 e. The molecule has 1 aromatic carbocycles. The summed E-state index contributed by atoms with van der Waals surface area (Å²) in [4.78, 5) is 23.3. The average molecular weight is 324 g/mol. The van der Waals surface area contributed by atoms with Crippen molar-refractivity contribution in [3.63, 3.8) is 0 Å². The molecule has 0 bridgehead atoms. The number of carbonyl (C=O) groups is 1. The quantitative estimate of drug-likeness (QED) is 0.722. The van der Waals surface area contributed by atoms with Gasteiger partial charge in [0.15, 0.2) is 0 Å². The Balaban J connectivity index is 1.58. The van der Waals surface area contributed by atoms with Gasteiger partial charge < -0.3 is 9.47 Å². The standard InChI is InChI=1S/C17H20N6O/c1-12-20-15-8-13(5-6-16(15)21(12)2)17(24)22-7-3-4-14(9-22)23-11-18-10-19-23/h5-6,8,10-11,14H,3-4,7,9H2,1-2H3/t14-/m1/s1. The van der Waals surface area contributed by atoms with Crippen molar-refractivity contribution >= 4 is 16.9 Å². The predicted octanol–water partition coefficient (Wildman–Crippen LogP) is 1.95. The Morgan fingerprint density at radius 2 is 2.21 bits per heavy atom. The summed E-state index contributed by atoms with van der Waals surface area (Å²) < 4.78 is 3.88. The van der Waals surface area contributed by atoms with Gasteiger partial charge in [-0.05, 0) is 38.0 Å². The number of amides is 1.